The van der Waals surface area contributed by atoms with Crippen molar-refractivity contribution in [3.05, 3.63) is 140 Å². The first-order valence-electron chi connectivity index (χ1n) is 19.1. The molecule has 1 aliphatic rings. The molecule has 1 aliphatic heterocycles. The lowest BCUT2D eigenvalue weighted by Crippen LogP contribution is -2.49. The highest BCUT2D eigenvalue weighted by molar-refractivity contribution is 5.77. The molecule has 1 fully saturated rings. The van der Waals surface area contributed by atoms with Crippen molar-refractivity contribution >= 4 is 11.8 Å². The largest absolute Gasteiger partial charge is 0.406 e. The van der Waals surface area contributed by atoms with Gasteiger partial charge in [-0.1, -0.05) is 72.8 Å². The molecule has 0 spiro atoms. The zero-order valence-electron chi connectivity index (χ0n) is 33.2. The number of aromatic nitrogens is 2. The number of likely N-dealkylation sites (N-methyl/N-ethyl adjacent to an activating group) is 2. The number of amides is 2. The summed E-state index contributed by atoms with van der Waals surface area (Å²) >= 11 is 0. The molecule has 2 aromatic heterocycles. The second kappa shape index (κ2) is 21.3. The van der Waals surface area contributed by atoms with E-state index in [1.54, 1.807) is 55.9 Å². The molecule has 0 radical (unpaired) electrons. The topological polar surface area (TPSA) is 116 Å². The van der Waals surface area contributed by atoms with E-state index in [-0.39, 0.29) is 49.2 Å². The maximum absolute atomic E-state index is 13.6. The number of benzene rings is 2. The zero-order valence-corrected chi connectivity index (χ0v) is 33.2. The molecule has 300 valence electrons. The smallest absolute Gasteiger partial charge is 0.283 e. The average molecular weight is 769 g/mol. The first kappa shape index (κ1) is 42.0. The van der Waals surface area contributed by atoms with E-state index in [9.17, 15) is 19.2 Å². The Labute approximate surface area is 329 Å². The number of carbonyl (C=O) groups excluding carboxylic acids is 2. The third-order valence-electron chi connectivity index (χ3n) is 10.0. The standard InChI is InChI=1S/C42H56N8O6/c1-43(2)41(53)31-48-25-21-46(29-37-17-11-19-39(51)44(37)3)22-27-49(32-42(54)45(4)55-33-35-13-7-5-8-14-35)28-24-47(23-26-48)30-38-18-12-20-40(52)50(38)56-34-36-15-9-6-10-16-36/h5-20H,21-34H2,1-4H3. The number of rotatable bonds is 14. The summed E-state index contributed by atoms with van der Waals surface area (Å²) in [6.07, 6.45) is 0. The molecule has 14 nitrogen and oxygen atoms in total. The summed E-state index contributed by atoms with van der Waals surface area (Å²) in [5, 5.41) is 1.31. The minimum atomic E-state index is -0.257. The molecule has 56 heavy (non-hydrogen) atoms. The molecule has 0 unspecified atom stereocenters. The van der Waals surface area contributed by atoms with Crippen molar-refractivity contribution in [2.45, 2.75) is 26.3 Å². The summed E-state index contributed by atoms with van der Waals surface area (Å²) in [6.45, 7) is 6.59. The van der Waals surface area contributed by atoms with Crippen LogP contribution in [0.5, 0.6) is 0 Å². The molecule has 0 saturated carbocycles. The molecule has 1 saturated heterocycles. The van der Waals surface area contributed by atoms with E-state index in [2.05, 4.69) is 19.6 Å². The van der Waals surface area contributed by atoms with Gasteiger partial charge in [-0.05, 0) is 23.3 Å². The van der Waals surface area contributed by atoms with Crippen LogP contribution in [0.4, 0.5) is 0 Å². The van der Waals surface area contributed by atoms with Crippen LogP contribution in [0.2, 0.25) is 0 Å². The zero-order chi connectivity index (χ0) is 39.9. The monoisotopic (exact) mass is 768 g/mol. The summed E-state index contributed by atoms with van der Waals surface area (Å²) in [5.74, 6) is -0.161. The second-order valence-corrected chi connectivity index (χ2v) is 14.4. The van der Waals surface area contributed by atoms with Crippen LogP contribution >= 0.6 is 0 Å². The molecule has 4 aromatic rings. The molecule has 2 aromatic carbocycles. The van der Waals surface area contributed by atoms with Crippen LogP contribution in [0, 0.1) is 0 Å². The van der Waals surface area contributed by atoms with Crippen LogP contribution in [-0.2, 0) is 47.8 Å². The fraction of sp³-hybridized carbons (Fsp3) is 0.429. The van der Waals surface area contributed by atoms with Crippen LogP contribution in [0.1, 0.15) is 22.5 Å². The van der Waals surface area contributed by atoms with Crippen molar-refractivity contribution in [2.75, 3.05) is 86.6 Å². The van der Waals surface area contributed by atoms with Crippen LogP contribution < -0.4 is 16.0 Å². The van der Waals surface area contributed by atoms with Crippen molar-refractivity contribution in [3.8, 4) is 0 Å². The summed E-state index contributed by atoms with van der Waals surface area (Å²) in [5.41, 5.74) is 3.17. The Morgan fingerprint density at radius 2 is 1.02 bits per heavy atom. The predicted molar refractivity (Wildman–Crippen MR) is 215 cm³/mol. The summed E-state index contributed by atoms with van der Waals surface area (Å²) in [4.78, 5) is 74.6. The minimum Gasteiger partial charge on any atom is -0.406 e. The number of hydrogen-bond donors (Lipinski definition) is 0. The van der Waals surface area contributed by atoms with Gasteiger partial charge >= 0.3 is 0 Å². The number of hydrogen-bond acceptors (Lipinski definition) is 10. The second-order valence-electron chi connectivity index (χ2n) is 14.4. The Kier molecular flexibility index (Phi) is 16.0. The van der Waals surface area contributed by atoms with E-state index in [0.29, 0.717) is 71.1 Å². The Bertz CT molecular complexity index is 1950. The van der Waals surface area contributed by atoms with Crippen LogP contribution in [-0.4, -0.2) is 137 Å². The molecular formula is C42H56N8O6. The first-order valence-corrected chi connectivity index (χ1v) is 19.1. The van der Waals surface area contributed by atoms with Crippen molar-refractivity contribution in [1.82, 2.24) is 38.9 Å². The molecule has 3 heterocycles. The summed E-state index contributed by atoms with van der Waals surface area (Å²) < 4.78 is 3.03. The quantitative estimate of drug-likeness (QED) is 0.176. The van der Waals surface area contributed by atoms with Gasteiger partial charge in [-0.25, -0.2) is 5.06 Å². The lowest BCUT2D eigenvalue weighted by Gasteiger charge is -2.35. The number of carbonyl (C=O) groups is 2. The predicted octanol–water partition coefficient (Wildman–Crippen LogP) is 1.78. The van der Waals surface area contributed by atoms with E-state index in [4.69, 9.17) is 9.68 Å². The Balaban J connectivity index is 1.37. The van der Waals surface area contributed by atoms with E-state index in [1.165, 1.54) is 15.9 Å². The molecule has 0 aliphatic carbocycles. The third-order valence-corrected chi connectivity index (χ3v) is 10.0. The lowest BCUT2D eigenvalue weighted by molar-refractivity contribution is -0.183. The number of hydroxylamine groups is 2. The van der Waals surface area contributed by atoms with Crippen molar-refractivity contribution in [1.29, 1.82) is 0 Å². The Morgan fingerprint density at radius 1 is 0.554 bits per heavy atom. The van der Waals surface area contributed by atoms with E-state index in [0.717, 1.165) is 16.8 Å². The van der Waals surface area contributed by atoms with Gasteiger partial charge in [0.2, 0.25) is 11.5 Å². The number of nitrogens with zero attached hydrogens (tertiary/aromatic N) is 8. The van der Waals surface area contributed by atoms with Gasteiger partial charge in [-0.2, -0.15) is 0 Å². The Morgan fingerprint density at radius 3 is 1.57 bits per heavy atom. The van der Waals surface area contributed by atoms with Gasteiger partial charge in [0.05, 0.1) is 18.8 Å². The molecule has 0 bridgehead atoms. The SMILES string of the molecule is CN(C)C(=O)CN1CCN(Cc2cccc(=O)n2C)CCN(CC(=O)N(C)OCc2ccccc2)CCN(Cc2cccc(=O)n2OCc2ccccc2)CC1. The molecule has 5 rings (SSSR count). The Hall–Kier alpha value is -5.12. The molecule has 0 N–H and O–H groups in total. The van der Waals surface area contributed by atoms with Gasteiger partial charge in [-0.3, -0.25) is 43.6 Å². The minimum absolute atomic E-state index is 0.00940. The highest BCUT2D eigenvalue weighted by Crippen LogP contribution is 2.10. The summed E-state index contributed by atoms with van der Waals surface area (Å²) in [6, 6.07) is 29.8. The molecule has 0 atom stereocenters. The average Bonchev–Trinajstić information content (AvgIpc) is 3.19. The van der Waals surface area contributed by atoms with Gasteiger partial charge in [0, 0.05) is 111 Å². The van der Waals surface area contributed by atoms with Crippen molar-refractivity contribution < 1.29 is 19.3 Å². The van der Waals surface area contributed by atoms with E-state index in [1.807, 2.05) is 72.8 Å². The van der Waals surface area contributed by atoms with Gasteiger partial charge in [0.15, 0.2) is 0 Å². The maximum Gasteiger partial charge on any atom is 0.283 e. The normalized spacial score (nSPS) is 15.4. The highest BCUT2D eigenvalue weighted by Gasteiger charge is 2.23. The van der Waals surface area contributed by atoms with Crippen molar-refractivity contribution in [3.63, 3.8) is 0 Å². The molecule has 2 amide bonds. The fourth-order valence-corrected chi connectivity index (χ4v) is 6.37. The van der Waals surface area contributed by atoms with E-state index >= 15 is 0 Å². The van der Waals surface area contributed by atoms with Crippen LogP contribution in [0.3, 0.4) is 0 Å². The lowest BCUT2D eigenvalue weighted by atomic mass is 10.2. The van der Waals surface area contributed by atoms with Crippen LogP contribution in [0.15, 0.2) is 107 Å². The van der Waals surface area contributed by atoms with Crippen LogP contribution in [0.25, 0.3) is 0 Å². The highest BCUT2D eigenvalue weighted by atomic mass is 16.7. The fourth-order valence-electron chi connectivity index (χ4n) is 6.37. The van der Waals surface area contributed by atoms with Gasteiger partial charge < -0.3 is 14.3 Å². The first-order chi connectivity index (χ1) is 27.0. The maximum atomic E-state index is 13.6. The van der Waals surface area contributed by atoms with Gasteiger partial charge in [0.1, 0.15) is 13.2 Å². The summed E-state index contributed by atoms with van der Waals surface area (Å²) in [7, 11) is 6.94. The van der Waals surface area contributed by atoms with E-state index < -0.39 is 0 Å². The molecular weight excluding hydrogens is 713 g/mol. The van der Waals surface area contributed by atoms with Crippen molar-refractivity contribution in [2.24, 2.45) is 7.05 Å². The number of pyridine rings is 2. The van der Waals surface area contributed by atoms with Gasteiger partial charge in [0.25, 0.3) is 11.5 Å². The molecule has 14 heteroatoms. The van der Waals surface area contributed by atoms with Gasteiger partial charge in [-0.15, -0.1) is 4.73 Å². The third kappa shape index (κ3) is 13.0.